The Bertz CT molecular complexity index is 657. The summed E-state index contributed by atoms with van der Waals surface area (Å²) in [6.45, 7) is 3.82. The van der Waals surface area contributed by atoms with Gasteiger partial charge in [0, 0.05) is 43.3 Å². The number of hydrogen-bond acceptors (Lipinski definition) is 3. The van der Waals surface area contributed by atoms with E-state index in [-0.39, 0.29) is 11.6 Å². The number of hydrogen-bond donors (Lipinski definition) is 1. The molecule has 0 amide bonds. The minimum absolute atomic E-state index is 0.177. The third kappa shape index (κ3) is 3.34. The Hall–Kier alpha value is -1.78. The van der Waals surface area contributed by atoms with Gasteiger partial charge in [-0.1, -0.05) is 23.7 Å². The number of anilines is 1. The number of rotatable bonds is 3. The largest absolute Gasteiger partial charge is 0.508 e. The number of nitrogens with zero attached hydrogens (tertiary/aromatic N) is 2. The summed E-state index contributed by atoms with van der Waals surface area (Å²) < 4.78 is 13.8. The van der Waals surface area contributed by atoms with Crippen LogP contribution in [0, 0.1) is 5.82 Å². The zero-order valence-corrected chi connectivity index (χ0v) is 12.9. The van der Waals surface area contributed by atoms with Gasteiger partial charge in [0.2, 0.25) is 0 Å². The average molecular weight is 321 g/mol. The molecule has 0 radical (unpaired) electrons. The fraction of sp³-hybridized carbons (Fsp3) is 0.294. The second kappa shape index (κ2) is 6.55. The lowest BCUT2D eigenvalue weighted by Crippen LogP contribution is -2.46. The molecule has 1 fully saturated rings. The Morgan fingerprint density at radius 1 is 1.05 bits per heavy atom. The molecule has 116 valence electrons. The Morgan fingerprint density at radius 3 is 2.50 bits per heavy atom. The number of aromatic hydroxyl groups is 1. The molecule has 0 aromatic heterocycles. The van der Waals surface area contributed by atoms with Crippen LogP contribution in [-0.4, -0.2) is 36.2 Å². The van der Waals surface area contributed by atoms with Crippen LogP contribution in [0.15, 0.2) is 42.5 Å². The molecule has 2 aromatic carbocycles. The van der Waals surface area contributed by atoms with Crippen molar-refractivity contribution in [1.82, 2.24) is 4.90 Å². The fourth-order valence-corrected chi connectivity index (χ4v) is 2.97. The predicted octanol–water partition coefficient (Wildman–Crippen LogP) is 3.51. The molecule has 5 heteroatoms. The molecule has 1 saturated heterocycles. The summed E-state index contributed by atoms with van der Waals surface area (Å²) in [5.41, 5.74) is 1.49. The zero-order valence-electron chi connectivity index (χ0n) is 12.2. The van der Waals surface area contributed by atoms with Crippen LogP contribution in [0.3, 0.4) is 0 Å². The molecule has 1 heterocycles. The Balaban J connectivity index is 1.62. The van der Waals surface area contributed by atoms with E-state index in [1.54, 1.807) is 24.3 Å². The van der Waals surface area contributed by atoms with Crippen LogP contribution in [0.1, 0.15) is 5.56 Å². The third-order valence-corrected chi connectivity index (χ3v) is 4.24. The first kappa shape index (κ1) is 15.1. The van der Waals surface area contributed by atoms with Gasteiger partial charge in [-0.05, 0) is 30.3 Å². The number of piperazine rings is 1. The summed E-state index contributed by atoms with van der Waals surface area (Å²) in [4.78, 5) is 4.30. The predicted molar refractivity (Wildman–Crippen MR) is 87.0 cm³/mol. The van der Waals surface area contributed by atoms with Crippen molar-refractivity contribution in [3.8, 4) is 5.75 Å². The number of phenolic OH excluding ortho intramolecular Hbond substituents is 1. The van der Waals surface area contributed by atoms with Gasteiger partial charge in [0.1, 0.15) is 11.6 Å². The maximum Gasteiger partial charge on any atom is 0.146 e. The molecular weight excluding hydrogens is 303 g/mol. The van der Waals surface area contributed by atoms with Gasteiger partial charge in [-0.25, -0.2) is 4.39 Å². The van der Waals surface area contributed by atoms with E-state index >= 15 is 0 Å². The summed E-state index contributed by atoms with van der Waals surface area (Å²) in [6, 6.07) is 12.0. The first-order valence-electron chi connectivity index (χ1n) is 7.33. The van der Waals surface area contributed by atoms with Crippen molar-refractivity contribution in [2.75, 3.05) is 31.1 Å². The van der Waals surface area contributed by atoms with Crippen LogP contribution in [-0.2, 0) is 6.54 Å². The molecule has 0 unspecified atom stereocenters. The summed E-state index contributed by atoms with van der Waals surface area (Å²) in [7, 11) is 0. The minimum Gasteiger partial charge on any atom is -0.508 e. The molecule has 1 N–H and O–H groups in total. The minimum atomic E-state index is -0.177. The van der Waals surface area contributed by atoms with E-state index in [0.29, 0.717) is 17.3 Å². The van der Waals surface area contributed by atoms with Gasteiger partial charge < -0.3 is 10.0 Å². The van der Waals surface area contributed by atoms with Crippen molar-refractivity contribution in [3.63, 3.8) is 0 Å². The van der Waals surface area contributed by atoms with Gasteiger partial charge in [0.25, 0.3) is 0 Å². The van der Waals surface area contributed by atoms with Gasteiger partial charge in [0.15, 0.2) is 0 Å². The second-order valence-corrected chi connectivity index (χ2v) is 5.92. The highest BCUT2D eigenvalue weighted by Crippen LogP contribution is 2.25. The quantitative estimate of drug-likeness (QED) is 0.937. The van der Waals surface area contributed by atoms with Crippen molar-refractivity contribution in [2.45, 2.75) is 6.54 Å². The van der Waals surface area contributed by atoms with E-state index in [1.807, 2.05) is 12.1 Å². The standard InChI is InChI=1S/C17H18ClFN2O/c18-14-5-6-17(22)13(11-14)12-20-7-9-21(10-8-20)16-4-2-1-3-15(16)19/h1-6,11,22H,7-10,12H2. The first-order chi connectivity index (χ1) is 10.6. The molecule has 3 nitrogen and oxygen atoms in total. The molecule has 0 atom stereocenters. The smallest absolute Gasteiger partial charge is 0.146 e. The third-order valence-electron chi connectivity index (χ3n) is 4.00. The number of halogens is 2. The number of para-hydroxylation sites is 1. The van der Waals surface area contributed by atoms with Gasteiger partial charge in [-0.3, -0.25) is 4.90 Å². The van der Waals surface area contributed by atoms with Crippen LogP contribution in [0.5, 0.6) is 5.75 Å². The van der Waals surface area contributed by atoms with Gasteiger partial charge in [-0.15, -0.1) is 0 Å². The van der Waals surface area contributed by atoms with E-state index in [1.165, 1.54) is 6.07 Å². The van der Waals surface area contributed by atoms with Gasteiger partial charge in [-0.2, -0.15) is 0 Å². The fourth-order valence-electron chi connectivity index (χ4n) is 2.78. The molecule has 0 aliphatic carbocycles. The molecule has 0 bridgehead atoms. The van der Waals surface area contributed by atoms with E-state index in [9.17, 15) is 9.50 Å². The maximum atomic E-state index is 13.8. The Labute approximate surface area is 134 Å². The van der Waals surface area contributed by atoms with E-state index in [4.69, 9.17) is 11.6 Å². The first-order valence-corrected chi connectivity index (χ1v) is 7.70. The topological polar surface area (TPSA) is 26.7 Å². The Morgan fingerprint density at radius 2 is 1.77 bits per heavy atom. The van der Waals surface area contributed by atoms with E-state index < -0.39 is 0 Å². The molecule has 1 aliphatic rings. The highest BCUT2D eigenvalue weighted by Gasteiger charge is 2.20. The second-order valence-electron chi connectivity index (χ2n) is 5.49. The average Bonchev–Trinajstić information content (AvgIpc) is 2.52. The summed E-state index contributed by atoms with van der Waals surface area (Å²) in [5, 5.41) is 10.5. The summed E-state index contributed by atoms with van der Waals surface area (Å²) in [6.07, 6.45) is 0. The highest BCUT2D eigenvalue weighted by atomic mass is 35.5. The van der Waals surface area contributed by atoms with Crippen molar-refractivity contribution in [1.29, 1.82) is 0 Å². The van der Waals surface area contributed by atoms with Crippen molar-refractivity contribution < 1.29 is 9.50 Å². The van der Waals surface area contributed by atoms with Crippen molar-refractivity contribution in [3.05, 3.63) is 58.9 Å². The molecule has 0 saturated carbocycles. The molecule has 3 rings (SSSR count). The molecule has 22 heavy (non-hydrogen) atoms. The van der Waals surface area contributed by atoms with Crippen LogP contribution < -0.4 is 4.90 Å². The maximum absolute atomic E-state index is 13.8. The lowest BCUT2D eigenvalue weighted by molar-refractivity contribution is 0.246. The molecule has 1 aliphatic heterocycles. The summed E-state index contributed by atoms with van der Waals surface area (Å²) in [5.74, 6) is 0.0874. The lowest BCUT2D eigenvalue weighted by Gasteiger charge is -2.36. The van der Waals surface area contributed by atoms with Crippen molar-refractivity contribution >= 4 is 17.3 Å². The number of phenols is 1. The van der Waals surface area contributed by atoms with Gasteiger partial charge >= 0.3 is 0 Å². The molecule has 0 spiro atoms. The lowest BCUT2D eigenvalue weighted by atomic mass is 10.1. The summed E-state index contributed by atoms with van der Waals surface area (Å²) >= 11 is 5.98. The van der Waals surface area contributed by atoms with Crippen LogP contribution >= 0.6 is 11.6 Å². The molecular formula is C17H18ClFN2O. The van der Waals surface area contributed by atoms with Crippen molar-refractivity contribution in [2.24, 2.45) is 0 Å². The van der Waals surface area contributed by atoms with Crippen LogP contribution in [0.25, 0.3) is 0 Å². The number of benzene rings is 2. The van der Waals surface area contributed by atoms with E-state index in [2.05, 4.69) is 9.80 Å². The van der Waals surface area contributed by atoms with E-state index in [0.717, 1.165) is 31.7 Å². The molecule has 2 aromatic rings. The van der Waals surface area contributed by atoms with Crippen LogP contribution in [0.4, 0.5) is 10.1 Å². The van der Waals surface area contributed by atoms with Gasteiger partial charge in [0.05, 0.1) is 5.69 Å². The zero-order chi connectivity index (χ0) is 15.5. The SMILES string of the molecule is Oc1ccc(Cl)cc1CN1CCN(c2ccccc2F)CC1. The van der Waals surface area contributed by atoms with Crippen LogP contribution in [0.2, 0.25) is 5.02 Å². The monoisotopic (exact) mass is 320 g/mol. The Kier molecular flexibility index (Phi) is 4.50. The normalized spacial score (nSPS) is 16.0. The highest BCUT2D eigenvalue weighted by molar-refractivity contribution is 6.30.